The van der Waals surface area contributed by atoms with Gasteiger partial charge in [-0.15, -0.1) is 0 Å². The number of carboxylic acids is 1. The molecule has 1 aliphatic carbocycles. The molecule has 1 aromatic carbocycles. The largest absolute Gasteiger partial charge is 0.477 e. The smallest absolute Gasteiger partial charge is 0.341 e. The van der Waals surface area contributed by atoms with E-state index in [2.05, 4.69) is 32.6 Å². The Morgan fingerprint density at radius 2 is 1.70 bits per heavy atom. The van der Waals surface area contributed by atoms with Crippen LogP contribution in [0.2, 0.25) is 0 Å². The number of rotatable bonds is 10. The number of carbonyl (C=O) groups excluding carboxylic acids is 3. The number of piperazine rings is 1. The molecule has 0 atom stereocenters. The Hall–Kier alpha value is -5.36. The van der Waals surface area contributed by atoms with Crippen LogP contribution in [0.5, 0.6) is 0 Å². The molecule has 2 fully saturated rings. The minimum atomic E-state index is -3.98. The Kier molecular flexibility index (Phi) is 14.0. The van der Waals surface area contributed by atoms with E-state index in [1.165, 1.54) is 23.2 Å². The highest BCUT2D eigenvalue weighted by atomic mass is 32.2. The lowest BCUT2D eigenvalue weighted by molar-refractivity contribution is -0.123. The predicted octanol–water partition coefficient (Wildman–Crippen LogP) is 3.74. The zero-order valence-corrected chi connectivity index (χ0v) is 33.5. The maximum Gasteiger partial charge on any atom is 0.341 e. The van der Waals surface area contributed by atoms with Crippen molar-refractivity contribution in [2.45, 2.75) is 83.7 Å². The lowest BCUT2D eigenvalue weighted by Gasteiger charge is -2.29. The van der Waals surface area contributed by atoms with Crippen LogP contribution in [0.1, 0.15) is 75.7 Å². The number of urea groups is 2. The maximum atomic E-state index is 14.4. The summed E-state index contributed by atoms with van der Waals surface area (Å²) in [4.78, 5) is 67.6. The van der Waals surface area contributed by atoms with Crippen LogP contribution in [0.3, 0.4) is 0 Å². The number of aryl methyl sites for hydroxylation is 1. The number of nitrogens with zero attached hydrogens (tertiary/aromatic N) is 4. The van der Waals surface area contributed by atoms with Crippen LogP contribution in [0.15, 0.2) is 57.4 Å². The number of imide groups is 1. The summed E-state index contributed by atoms with van der Waals surface area (Å²) in [5.74, 6) is -1.35. The first-order chi connectivity index (χ1) is 27.1. The molecule has 5 amide bonds. The molecule has 4 heterocycles. The molecule has 18 heteroatoms. The molecule has 3 aliphatic rings. The molecule has 308 valence electrons. The average molecular weight is 811 g/mol. The highest BCUT2D eigenvalue weighted by molar-refractivity contribution is 7.90. The van der Waals surface area contributed by atoms with Crippen molar-refractivity contribution < 1.29 is 37.1 Å². The van der Waals surface area contributed by atoms with Gasteiger partial charge in [0.1, 0.15) is 11.2 Å². The first kappa shape index (κ1) is 42.8. The quantitative estimate of drug-likeness (QED) is 0.199. The number of anilines is 1. The van der Waals surface area contributed by atoms with E-state index >= 15 is 0 Å². The standard InChI is InChI=1S/C24H34N4O5S.C15H17FN4O3/c1-4-21-17(3)15-28(22(21)29)24(31)25-14-13-18-7-11-20(12-8-18)34(32,33)27-23(30)26-19-9-5-16(2)6-10-19;1-2-19-8-10(15(22)23)12(21)9-7-11(16)14(18-13(9)19)20-5-3-17-4-6-20/h7-8,11-12,16,19H,4-6,9-10,13-15H2,1-3H3,(H,25,31)(H2,26,27,30);7-8,17H,2-6H2,1H3,(H,22,23). The lowest BCUT2D eigenvalue weighted by Crippen LogP contribution is -2.45. The van der Waals surface area contributed by atoms with E-state index in [0.717, 1.165) is 56.0 Å². The molecule has 2 aromatic heterocycles. The van der Waals surface area contributed by atoms with Crippen molar-refractivity contribution in [1.82, 2.24) is 35.1 Å². The molecule has 6 rings (SSSR count). The molecule has 1 saturated heterocycles. The molecule has 3 aromatic rings. The Bertz CT molecular complexity index is 2200. The highest BCUT2D eigenvalue weighted by Crippen LogP contribution is 2.24. The minimum Gasteiger partial charge on any atom is -0.477 e. The van der Waals surface area contributed by atoms with Gasteiger partial charge in [-0.3, -0.25) is 14.5 Å². The number of halogens is 1. The topological polar surface area (TPSA) is 212 Å². The number of hydrogen-bond acceptors (Lipinski definition) is 10. The zero-order valence-electron chi connectivity index (χ0n) is 32.7. The molecular formula is C39H51FN8O8S. The van der Waals surface area contributed by atoms with Gasteiger partial charge >= 0.3 is 18.0 Å². The fourth-order valence-electron chi connectivity index (χ4n) is 7.18. The van der Waals surface area contributed by atoms with Crippen LogP contribution in [0.4, 0.5) is 19.8 Å². The second-order valence-corrected chi connectivity index (χ2v) is 16.2. The Labute approximate surface area is 330 Å². The van der Waals surface area contributed by atoms with Crippen LogP contribution >= 0.6 is 0 Å². The van der Waals surface area contributed by atoms with Crippen molar-refractivity contribution in [3.63, 3.8) is 0 Å². The number of amides is 5. The molecule has 0 spiro atoms. The fourth-order valence-corrected chi connectivity index (χ4v) is 8.10. The molecule has 16 nitrogen and oxygen atoms in total. The monoisotopic (exact) mass is 810 g/mol. The van der Waals surface area contributed by atoms with Gasteiger partial charge in [0.2, 0.25) is 5.43 Å². The van der Waals surface area contributed by atoms with Crippen LogP contribution in [-0.2, 0) is 27.8 Å². The van der Waals surface area contributed by atoms with Crippen molar-refractivity contribution in [2.24, 2.45) is 5.92 Å². The second kappa shape index (κ2) is 18.7. The number of carboxylic acid groups (broad SMARTS) is 1. The molecule has 57 heavy (non-hydrogen) atoms. The van der Waals surface area contributed by atoms with Crippen LogP contribution in [0.25, 0.3) is 11.0 Å². The summed E-state index contributed by atoms with van der Waals surface area (Å²) in [6, 6.07) is 6.09. The first-order valence-corrected chi connectivity index (χ1v) is 20.7. The second-order valence-electron chi connectivity index (χ2n) is 14.5. The molecule has 2 aliphatic heterocycles. The summed E-state index contributed by atoms with van der Waals surface area (Å²) in [6.45, 7) is 11.5. The Morgan fingerprint density at radius 3 is 2.30 bits per heavy atom. The number of hydrogen-bond donors (Lipinski definition) is 5. The van der Waals surface area contributed by atoms with Gasteiger partial charge in [-0.1, -0.05) is 26.0 Å². The number of pyridine rings is 2. The van der Waals surface area contributed by atoms with E-state index in [-0.39, 0.29) is 33.6 Å². The van der Waals surface area contributed by atoms with Crippen LogP contribution < -0.4 is 31.0 Å². The number of benzene rings is 1. The van der Waals surface area contributed by atoms with Gasteiger partial charge in [0, 0.05) is 57.1 Å². The number of fused-ring (bicyclic) bond motifs is 1. The van der Waals surface area contributed by atoms with Gasteiger partial charge in [-0.05, 0) is 87.6 Å². The highest BCUT2D eigenvalue weighted by Gasteiger charge is 2.31. The third kappa shape index (κ3) is 10.3. The van der Waals surface area contributed by atoms with E-state index in [4.69, 9.17) is 5.11 Å². The van der Waals surface area contributed by atoms with Gasteiger partial charge in [0.05, 0.1) is 16.8 Å². The molecule has 0 unspecified atom stereocenters. The SMILES string of the molecule is CCC1=C(C)CN(C(=O)NCCc2ccc(S(=O)(=O)NC(=O)NC3CCC(C)CC3)cc2)C1=O.CCn1cc(C(=O)O)c(=O)c2cc(F)c(N3CCNCC3)nc21. The molecule has 1 saturated carbocycles. The number of aromatic carboxylic acids is 1. The summed E-state index contributed by atoms with van der Waals surface area (Å²) in [5.41, 5.74) is 1.62. The minimum absolute atomic E-state index is 0.00639. The number of aromatic nitrogens is 2. The Morgan fingerprint density at radius 1 is 1.04 bits per heavy atom. The van der Waals surface area contributed by atoms with Crippen molar-refractivity contribution >= 4 is 50.8 Å². The van der Waals surface area contributed by atoms with E-state index in [1.807, 2.05) is 25.7 Å². The van der Waals surface area contributed by atoms with Crippen LogP contribution in [0, 0.1) is 11.7 Å². The van der Waals surface area contributed by atoms with Gasteiger partial charge in [-0.25, -0.2) is 36.9 Å². The van der Waals surface area contributed by atoms with Crippen molar-refractivity contribution in [2.75, 3.05) is 44.2 Å². The van der Waals surface area contributed by atoms with E-state index < -0.39 is 39.3 Å². The van der Waals surface area contributed by atoms with E-state index in [9.17, 15) is 36.8 Å². The summed E-state index contributed by atoms with van der Waals surface area (Å²) in [6.07, 6.45) is 6.06. The van der Waals surface area contributed by atoms with Crippen molar-refractivity contribution in [3.8, 4) is 0 Å². The number of sulfonamides is 1. The lowest BCUT2D eigenvalue weighted by atomic mass is 9.87. The normalized spacial score (nSPS) is 18.6. The predicted molar refractivity (Wildman–Crippen MR) is 212 cm³/mol. The summed E-state index contributed by atoms with van der Waals surface area (Å²) in [7, 11) is -3.98. The summed E-state index contributed by atoms with van der Waals surface area (Å²) in [5, 5.41) is 17.8. The van der Waals surface area contributed by atoms with E-state index in [1.54, 1.807) is 16.7 Å². The number of nitrogens with one attached hydrogen (secondary N) is 4. The van der Waals surface area contributed by atoms with Gasteiger partial charge < -0.3 is 30.5 Å². The van der Waals surface area contributed by atoms with Crippen LogP contribution in [-0.4, -0.2) is 97.2 Å². The zero-order chi connectivity index (χ0) is 41.4. The third-order valence-corrected chi connectivity index (χ3v) is 11.8. The number of carbonyl (C=O) groups is 4. The van der Waals surface area contributed by atoms with Crippen molar-refractivity contribution in [1.29, 1.82) is 0 Å². The van der Waals surface area contributed by atoms with Gasteiger partial charge in [0.25, 0.3) is 15.9 Å². The first-order valence-electron chi connectivity index (χ1n) is 19.3. The van der Waals surface area contributed by atoms with Crippen molar-refractivity contribution in [3.05, 3.63) is 74.8 Å². The third-order valence-electron chi connectivity index (χ3n) is 10.5. The summed E-state index contributed by atoms with van der Waals surface area (Å²) >= 11 is 0. The Balaban J connectivity index is 0.000000234. The maximum absolute atomic E-state index is 14.4. The molecule has 5 N–H and O–H groups in total. The summed E-state index contributed by atoms with van der Waals surface area (Å²) < 4.78 is 43.1. The molecular weight excluding hydrogens is 760 g/mol. The van der Waals surface area contributed by atoms with Gasteiger partial charge in [-0.2, -0.15) is 0 Å². The molecule has 0 radical (unpaired) electrons. The van der Waals surface area contributed by atoms with E-state index in [0.29, 0.717) is 62.7 Å². The fraction of sp³-hybridized carbons (Fsp3) is 0.487. The van der Waals surface area contributed by atoms with Gasteiger partial charge in [0.15, 0.2) is 11.6 Å². The average Bonchev–Trinajstić information content (AvgIpc) is 3.48. The molecule has 0 bridgehead atoms.